The molecule has 26 valence electrons. The van der Waals surface area contributed by atoms with Crippen molar-refractivity contribution in [3.63, 3.8) is 0 Å². The zero-order chi connectivity index (χ0) is 3.58. The molecule has 0 aromatic heterocycles. The van der Waals surface area contributed by atoms with Crippen LogP contribution in [-0.4, -0.2) is 14.2 Å². The normalized spacial score (nSPS) is 9.00. The number of hydrogen-bond donors (Lipinski definition) is 2. The second kappa shape index (κ2) is 2.03. The summed E-state index contributed by atoms with van der Waals surface area (Å²) in [6.45, 7) is 0. The predicted octanol–water partition coefficient (Wildman–Crippen LogP) is -0.873. The summed E-state index contributed by atoms with van der Waals surface area (Å²) < 4.78 is 9.60. The SMILES string of the molecule is N[As](N)Cl. The maximum absolute atomic E-state index is 4.98. The summed E-state index contributed by atoms with van der Waals surface area (Å²) >= 11 is -1.72. The summed E-state index contributed by atoms with van der Waals surface area (Å²) in [6.07, 6.45) is 0. The maximum atomic E-state index is 4.98. The minimum atomic E-state index is -1.72. The monoisotopic (exact) mass is 142 g/mol. The second-order valence-corrected chi connectivity index (χ2v) is 3.82. The van der Waals surface area contributed by atoms with E-state index in [4.69, 9.17) is 19.3 Å². The third kappa shape index (κ3) is 14.7. The Bertz CT molecular complexity index is 10.8. The molecular formula is H4AsClN2. The van der Waals surface area contributed by atoms with Gasteiger partial charge in [0.1, 0.15) is 0 Å². The molecule has 0 saturated carbocycles. The standard InChI is InChI=1S/AsClH4N2/c2-1(3)4/h3-4H2. The third-order valence-electron chi connectivity index (χ3n) is 0. The van der Waals surface area contributed by atoms with E-state index >= 15 is 0 Å². The first-order valence-corrected chi connectivity index (χ1v) is 5.32. The van der Waals surface area contributed by atoms with E-state index in [1.807, 2.05) is 0 Å². The van der Waals surface area contributed by atoms with Crippen LogP contribution in [0.25, 0.3) is 0 Å². The summed E-state index contributed by atoms with van der Waals surface area (Å²) in [7, 11) is 4.98. The topological polar surface area (TPSA) is 52.0 Å². The molecule has 0 aliphatic heterocycles. The fourth-order valence-corrected chi connectivity index (χ4v) is 0. The fraction of sp³-hybridized carbons (Fsp3) is 0. The molecule has 4 heavy (non-hydrogen) atoms. The number of nitrogens with two attached hydrogens (primary N) is 2. The average Bonchev–Trinajstić information content (AvgIpc) is 0.811. The van der Waals surface area contributed by atoms with Gasteiger partial charge in [-0.05, 0) is 0 Å². The van der Waals surface area contributed by atoms with E-state index in [0.717, 1.165) is 0 Å². The zero-order valence-corrected chi connectivity index (χ0v) is 4.61. The molecule has 0 heterocycles. The Labute approximate surface area is 34.0 Å². The van der Waals surface area contributed by atoms with Crippen LogP contribution in [0.3, 0.4) is 0 Å². The quantitative estimate of drug-likeness (QED) is 0.432. The molecule has 2 nitrogen and oxygen atoms in total. The van der Waals surface area contributed by atoms with Gasteiger partial charge in [0.05, 0.1) is 0 Å². The number of hydrogen-bond acceptors (Lipinski definition) is 2. The predicted molar refractivity (Wildman–Crippen MR) is 20.0 cm³/mol. The van der Waals surface area contributed by atoms with Crippen LogP contribution in [-0.2, 0) is 0 Å². The van der Waals surface area contributed by atoms with Crippen LogP contribution in [0.2, 0.25) is 0 Å². The summed E-state index contributed by atoms with van der Waals surface area (Å²) in [5, 5.41) is 0. The summed E-state index contributed by atoms with van der Waals surface area (Å²) in [4.78, 5) is 0. The first kappa shape index (κ1) is 4.77. The van der Waals surface area contributed by atoms with E-state index in [1.165, 1.54) is 0 Å². The van der Waals surface area contributed by atoms with E-state index in [0.29, 0.717) is 0 Å². The molecule has 0 amide bonds. The van der Waals surface area contributed by atoms with Gasteiger partial charge in [0.2, 0.25) is 0 Å². The molecule has 0 bridgehead atoms. The van der Waals surface area contributed by atoms with Crippen molar-refractivity contribution < 1.29 is 0 Å². The Morgan fingerprint density at radius 2 is 1.50 bits per heavy atom. The molecule has 0 atom stereocenters. The van der Waals surface area contributed by atoms with E-state index in [1.54, 1.807) is 0 Å². The van der Waals surface area contributed by atoms with Crippen LogP contribution in [0, 0.1) is 0 Å². The molecule has 0 aliphatic rings. The van der Waals surface area contributed by atoms with Gasteiger partial charge in [-0.3, -0.25) is 0 Å². The van der Waals surface area contributed by atoms with Crippen molar-refractivity contribution in [2.75, 3.05) is 0 Å². The van der Waals surface area contributed by atoms with E-state index in [9.17, 15) is 0 Å². The zero-order valence-electron chi connectivity index (χ0n) is 1.98. The van der Waals surface area contributed by atoms with E-state index < -0.39 is 14.2 Å². The molecule has 0 rings (SSSR count). The van der Waals surface area contributed by atoms with Gasteiger partial charge in [-0.15, -0.1) is 0 Å². The van der Waals surface area contributed by atoms with Gasteiger partial charge in [0, 0.05) is 0 Å². The fourth-order valence-electron chi connectivity index (χ4n) is 0. The molecule has 0 saturated heterocycles. The molecule has 0 aliphatic carbocycles. The van der Waals surface area contributed by atoms with Crippen LogP contribution in [0.1, 0.15) is 0 Å². The Morgan fingerprint density at radius 3 is 1.50 bits per heavy atom. The third-order valence-corrected chi connectivity index (χ3v) is 0. The van der Waals surface area contributed by atoms with E-state index in [-0.39, 0.29) is 0 Å². The van der Waals surface area contributed by atoms with Crippen LogP contribution >= 0.6 is 9.95 Å². The summed E-state index contributed by atoms with van der Waals surface area (Å²) in [5.74, 6) is 0. The van der Waals surface area contributed by atoms with Crippen molar-refractivity contribution in [3.8, 4) is 0 Å². The van der Waals surface area contributed by atoms with Crippen LogP contribution in [0.15, 0.2) is 0 Å². The van der Waals surface area contributed by atoms with Crippen molar-refractivity contribution >= 4 is 24.1 Å². The van der Waals surface area contributed by atoms with Crippen molar-refractivity contribution in [2.45, 2.75) is 0 Å². The van der Waals surface area contributed by atoms with Gasteiger partial charge in [-0.25, -0.2) is 0 Å². The first-order chi connectivity index (χ1) is 1.73. The molecule has 4 heteroatoms. The first-order valence-electron chi connectivity index (χ1n) is 0.685. The van der Waals surface area contributed by atoms with Crippen LogP contribution < -0.4 is 9.30 Å². The molecule has 0 unspecified atom stereocenters. The van der Waals surface area contributed by atoms with Gasteiger partial charge in [0.15, 0.2) is 0 Å². The molecule has 0 aromatic rings. The van der Waals surface area contributed by atoms with E-state index in [2.05, 4.69) is 0 Å². The Hall–Kier alpha value is 0.768. The minimum absolute atomic E-state index is 1.72. The Morgan fingerprint density at radius 1 is 1.50 bits per heavy atom. The molecule has 0 radical (unpaired) electrons. The number of halogens is 1. The Balaban J connectivity index is 2.32. The molecule has 0 spiro atoms. The molecule has 0 fully saturated rings. The molecular weight excluding hydrogens is 138 g/mol. The van der Waals surface area contributed by atoms with Crippen molar-refractivity contribution in [2.24, 2.45) is 9.30 Å². The second-order valence-electron chi connectivity index (χ2n) is 0.344. The summed E-state index contributed by atoms with van der Waals surface area (Å²) in [5.41, 5.74) is 0. The van der Waals surface area contributed by atoms with Gasteiger partial charge >= 0.3 is 33.4 Å². The Kier molecular flexibility index (Phi) is 2.42. The van der Waals surface area contributed by atoms with Crippen LogP contribution in [0.5, 0.6) is 0 Å². The molecule has 0 aromatic carbocycles. The van der Waals surface area contributed by atoms with Crippen molar-refractivity contribution in [3.05, 3.63) is 0 Å². The number of rotatable bonds is 0. The van der Waals surface area contributed by atoms with Crippen molar-refractivity contribution in [1.29, 1.82) is 0 Å². The van der Waals surface area contributed by atoms with Crippen molar-refractivity contribution in [1.82, 2.24) is 0 Å². The van der Waals surface area contributed by atoms with Gasteiger partial charge in [0.25, 0.3) is 0 Å². The summed E-state index contributed by atoms with van der Waals surface area (Å²) in [6, 6.07) is 0. The van der Waals surface area contributed by atoms with Gasteiger partial charge in [-0.2, -0.15) is 0 Å². The molecule has 4 N–H and O–H groups in total. The van der Waals surface area contributed by atoms with Gasteiger partial charge < -0.3 is 0 Å². The average molecular weight is 142 g/mol. The van der Waals surface area contributed by atoms with Crippen LogP contribution in [0.4, 0.5) is 0 Å². The van der Waals surface area contributed by atoms with Gasteiger partial charge in [-0.1, -0.05) is 0 Å².